The highest BCUT2D eigenvalue weighted by molar-refractivity contribution is 6.28. The second kappa shape index (κ2) is 5.25. The van der Waals surface area contributed by atoms with Crippen molar-refractivity contribution in [3.05, 3.63) is 52.8 Å². The molecule has 2 heterocycles. The highest BCUT2D eigenvalue weighted by atomic mass is 35.5. The quantitative estimate of drug-likeness (QED) is 0.622. The molecule has 88 valence electrons. The SMILES string of the molecule is O=C(O)c1ccc(C#Cc2ccnc(Cl)n2)cn1. The molecule has 0 aliphatic rings. The summed E-state index contributed by atoms with van der Waals surface area (Å²) < 4.78 is 0. The largest absolute Gasteiger partial charge is 0.477 e. The monoisotopic (exact) mass is 259 g/mol. The van der Waals surface area contributed by atoms with Crippen molar-refractivity contribution in [2.24, 2.45) is 0 Å². The Balaban J connectivity index is 2.22. The van der Waals surface area contributed by atoms with Crippen LogP contribution in [0.3, 0.4) is 0 Å². The van der Waals surface area contributed by atoms with Crippen molar-refractivity contribution in [3.63, 3.8) is 0 Å². The number of pyridine rings is 1. The van der Waals surface area contributed by atoms with E-state index in [1.807, 2.05) is 0 Å². The third-order valence-corrected chi connectivity index (χ3v) is 2.13. The van der Waals surface area contributed by atoms with Gasteiger partial charge in [-0.3, -0.25) is 0 Å². The highest BCUT2D eigenvalue weighted by Crippen LogP contribution is 2.01. The summed E-state index contributed by atoms with van der Waals surface area (Å²) >= 11 is 5.61. The zero-order valence-electron chi connectivity index (χ0n) is 8.96. The molecule has 0 spiro atoms. The minimum atomic E-state index is -1.07. The van der Waals surface area contributed by atoms with Crippen molar-refractivity contribution in [2.45, 2.75) is 0 Å². The number of carboxylic acids is 1. The number of aromatic carboxylic acids is 1. The van der Waals surface area contributed by atoms with Crippen LogP contribution in [-0.2, 0) is 0 Å². The second-order valence-corrected chi connectivity index (χ2v) is 3.54. The molecule has 0 saturated carbocycles. The first-order valence-electron chi connectivity index (χ1n) is 4.85. The second-order valence-electron chi connectivity index (χ2n) is 3.20. The molecule has 6 heteroatoms. The van der Waals surface area contributed by atoms with Gasteiger partial charge >= 0.3 is 5.97 Å². The molecule has 0 aromatic carbocycles. The van der Waals surface area contributed by atoms with Crippen molar-refractivity contribution in [2.75, 3.05) is 0 Å². The Hall–Kier alpha value is -2.45. The van der Waals surface area contributed by atoms with Crippen LogP contribution >= 0.6 is 11.6 Å². The Morgan fingerprint density at radius 2 is 2.06 bits per heavy atom. The Bertz CT molecular complexity index is 644. The molecule has 2 aromatic rings. The van der Waals surface area contributed by atoms with E-state index in [-0.39, 0.29) is 11.0 Å². The first kappa shape index (κ1) is 12.0. The van der Waals surface area contributed by atoms with Gasteiger partial charge in [0.15, 0.2) is 0 Å². The van der Waals surface area contributed by atoms with Crippen LogP contribution in [0, 0.1) is 11.8 Å². The molecular formula is C12H6ClN3O2. The van der Waals surface area contributed by atoms with Gasteiger partial charge in [0.1, 0.15) is 11.4 Å². The third kappa shape index (κ3) is 3.03. The fraction of sp³-hybridized carbons (Fsp3) is 0. The lowest BCUT2D eigenvalue weighted by atomic mass is 10.2. The molecule has 0 unspecified atom stereocenters. The van der Waals surface area contributed by atoms with Gasteiger partial charge in [-0.2, -0.15) is 0 Å². The third-order valence-electron chi connectivity index (χ3n) is 1.94. The van der Waals surface area contributed by atoms with Crippen molar-refractivity contribution in [3.8, 4) is 11.8 Å². The zero-order chi connectivity index (χ0) is 13.0. The molecule has 2 rings (SSSR count). The average molecular weight is 260 g/mol. The lowest BCUT2D eigenvalue weighted by molar-refractivity contribution is 0.0690. The van der Waals surface area contributed by atoms with Gasteiger partial charge in [-0.05, 0) is 35.7 Å². The fourth-order valence-corrected chi connectivity index (χ4v) is 1.28. The predicted molar refractivity (Wildman–Crippen MR) is 64.2 cm³/mol. The van der Waals surface area contributed by atoms with Gasteiger partial charge in [-0.15, -0.1) is 0 Å². The summed E-state index contributed by atoms with van der Waals surface area (Å²) in [6.45, 7) is 0. The molecule has 0 amide bonds. The summed E-state index contributed by atoms with van der Waals surface area (Å²) in [7, 11) is 0. The number of aromatic nitrogens is 3. The Kier molecular flexibility index (Phi) is 3.51. The average Bonchev–Trinajstić information content (AvgIpc) is 2.37. The van der Waals surface area contributed by atoms with Gasteiger partial charge in [-0.25, -0.2) is 19.7 Å². The van der Waals surface area contributed by atoms with Crippen LogP contribution in [0.1, 0.15) is 21.7 Å². The molecule has 18 heavy (non-hydrogen) atoms. The molecule has 0 fully saturated rings. The van der Waals surface area contributed by atoms with E-state index in [0.29, 0.717) is 11.3 Å². The van der Waals surface area contributed by atoms with Crippen molar-refractivity contribution in [1.82, 2.24) is 15.0 Å². The van der Waals surface area contributed by atoms with Crippen molar-refractivity contribution in [1.29, 1.82) is 0 Å². The maximum Gasteiger partial charge on any atom is 0.354 e. The normalized spacial score (nSPS) is 9.39. The van der Waals surface area contributed by atoms with Gasteiger partial charge in [0.05, 0.1) is 0 Å². The van der Waals surface area contributed by atoms with Crippen molar-refractivity contribution >= 4 is 17.6 Å². The van der Waals surface area contributed by atoms with E-state index >= 15 is 0 Å². The van der Waals surface area contributed by atoms with E-state index in [4.69, 9.17) is 16.7 Å². The summed E-state index contributed by atoms with van der Waals surface area (Å²) in [6, 6.07) is 4.59. The molecule has 0 atom stereocenters. The Labute approximate surface area is 108 Å². The molecule has 0 aliphatic carbocycles. The summed E-state index contributed by atoms with van der Waals surface area (Å²) in [4.78, 5) is 22.0. The van der Waals surface area contributed by atoms with E-state index in [1.165, 1.54) is 18.5 Å². The number of rotatable bonds is 1. The van der Waals surface area contributed by atoms with E-state index in [0.717, 1.165) is 0 Å². The van der Waals surface area contributed by atoms with Crippen molar-refractivity contribution < 1.29 is 9.90 Å². The summed E-state index contributed by atoms with van der Waals surface area (Å²) in [5.74, 6) is 4.51. The first-order chi connectivity index (χ1) is 8.65. The molecule has 0 radical (unpaired) electrons. The highest BCUT2D eigenvalue weighted by Gasteiger charge is 2.02. The van der Waals surface area contributed by atoms with Gasteiger partial charge < -0.3 is 5.11 Å². The van der Waals surface area contributed by atoms with Crippen LogP contribution in [0.2, 0.25) is 5.28 Å². The number of hydrogen-bond donors (Lipinski definition) is 1. The Morgan fingerprint density at radius 3 is 2.67 bits per heavy atom. The summed E-state index contributed by atoms with van der Waals surface area (Å²) in [5.41, 5.74) is 1.05. The topological polar surface area (TPSA) is 76.0 Å². The van der Waals surface area contributed by atoms with Crippen LogP contribution in [-0.4, -0.2) is 26.0 Å². The maximum atomic E-state index is 10.6. The molecule has 2 aromatic heterocycles. The van der Waals surface area contributed by atoms with Crippen LogP contribution in [0.4, 0.5) is 0 Å². The van der Waals surface area contributed by atoms with E-state index in [9.17, 15) is 4.79 Å². The van der Waals surface area contributed by atoms with Crippen LogP contribution in [0.15, 0.2) is 30.6 Å². The number of hydrogen-bond acceptors (Lipinski definition) is 4. The van der Waals surface area contributed by atoms with Gasteiger partial charge in [0.2, 0.25) is 5.28 Å². The molecule has 5 nitrogen and oxygen atoms in total. The Morgan fingerprint density at radius 1 is 1.22 bits per heavy atom. The van der Waals surface area contributed by atoms with Crippen LogP contribution in [0.5, 0.6) is 0 Å². The molecular weight excluding hydrogens is 254 g/mol. The van der Waals surface area contributed by atoms with Gasteiger partial charge in [-0.1, -0.05) is 5.92 Å². The number of carboxylic acid groups (broad SMARTS) is 1. The van der Waals surface area contributed by atoms with Gasteiger partial charge in [0, 0.05) is 18.0 Å². The summed E-state index contributed by atoms with van der Waals surface area (Å²) in [5, 5.41) is 8.81. The minimum Gasteiger partial charge on any atom is -0.477 e. The molecule has 0 bridgehead atoms. The predicted octanol–water partition coefficient (Wildman–Crippen LogP) is 1.62. The van der Waals surface area contributed by atoms with E-state index in [1.54, 1.807) is 12.1 Å². The minimum absolute atomic E-state index is 0.0226. The lowest BCUT2D eigenvalue weighted by Crippen LogP contribution is -1.99. The standard InChI is InChI=1S/C12H6ClN3O2/c13-12-14-6-5-9(16-12)3-1-8-2-4-10(11(17)18)15-7-8/h2,4-7H,(H,17,18). The number of nitrogens with zero attached hydrogens (tertiary/aromatic N) is 3. The maximum absolute atomic E-state index is 10.6. The van der Waals surface area contributed by atoms with Crippen LogP contribution < -0.4 is 0 Å². The molecule has 1 N–H and O–H groups in total. The first-order valence-corrected chi connectivity index (χ1v) is 5.23. The lowest BCUT2D eigenvalue weighted by Gasteiger charge is -1.93. The number of carbonyl (C=O) groups is 1. The molecule has 0 saturated heterocycles. The summed E-state index contributed by atoms with van der Waals surface area (Å²) in [6.07, 6.45) is 2.89. The molecule has 0 aliphatic heterocycles. The zero-order valence-corrected chi connectivity index (χ0v) is 9.72. The number of halogens is 1. The van der Waals surface area contributed by atoms with E-state index < -0.39 is 5.97 Å². The van der Waals surface area contributed by atoms with Crippen LogP contribution in [0.25, 0.3) is 0 Å². The fourth-order valence-electron chi connectivity index (χ4n) is 1.14. The van der Waals surface area contributed by atoms with E-state index in [2.05, 4.69) is 26.8 Å². The van der Waals surface area contributed by atoms with Gasteiger partial charge in [0.25, 0.3) is 0 Å². The smallest absolute Gasteiger partial charge is 0.354 e.